The number of hydrogen-bond donors (Lipinski definition) is 0. The molecular formula is C40H25N3O. The molecule has 206 valence electrons. The number of fused-ring (bicyclic) bond motifs is 6. The topological polar surface area (TPSA) is 43.9 Å². The summed E-state index contributed by atoms with van der Waals surface area (Å²) in [5.74, 6) is 0. The molecule has 0 aliphatic rings. The van der Waals surface area contributed by atoms with Crippen molar-refractivity contribution in [1.29, 1.82) is 0 Å². The minimum atomic E-state index is 0.872. The first kappa shape index (κ1) is 24.6. The predicted molar refractivity (Wildman–Crippen MR) is 180 cm³/mol. The van der Waals surface area contributed by atoms with Crippen molar-refractivity contribution in [3.63, 3.8) is 0 Å². The van der Waals surface area contributed by atoms with Gasteiger partial charge in [0.15, 0.2) is 0 Å². The van der Waals surface area contributed by atoms with Crippen molar-refractivity contribution in [2.75, 3.05) is 0 Å². The molecule has 0 bridgehead atoms. The fourth-order valence-corrected chi connectivity index (χ4v) is 6.50. The van der Waals surface area contributed by atoms with Gasteiger partial charge in [-0.2, -0.15) is 0 Å². The molecule has 9 aromatic rings. The lowest BCUT2D eigenvalue weighted by Crippen LogP contribution is -1.93. The molecule has 0 N–H and O–H groups in total. The summed E-state index contributed by atoms with van der Waals surface area (Å²) in [4.78, 5) is 9.21. The van der Waals surface area contributed by atoms with E-state index in [0.29, 0.717) is 0 Å². The van der Waals surface area contributed by atoms with Crippen molar-refractivity contribution in [3.8, 4) is 39.3 Å². The number of para-hydroxylation sites is 1. The first-order chi connectivity index (χ1) is 21.8. The molecule has 4 aromatic heterocycles. The molecule has 0 saturated carbocycles. The minimum Gasteiger partial charge on any atom is -0.456 e. The van der Waals surface area contributed by atoms with Crippen molar-refractivity contribution in [1.82, 2.24) is 14.5 Å². The van der Waals surface area contributed by atoms with Gasteiger partial charge in [0.2, 0.25) is 0 Å². The molecular weight excluding hydrogens is 538 g/mol. The maximum Gasteiger partial charge on any atom is 0.135 e. The molecule has 0 spiro atoms. The number of furan rings is 1. The van der Waals surface area contributed by atoms with Crippen molar-refractivity contribution in [2.45, 2.75) is 0 Å². The molecule has 0 atom stereocenters. The van der Waals surface area contributed by atoms with Crippen LogP contribution in [0, 0.1) is 0 Å². The van der Waals surface area contributed by atoms with Crippen molar-refractivity contribution in [3.05, 3.63) is 152 Å². The van der Waals surface area contributed by atoms with Gasteiger partial charge in [0, 0.05) is 50.8 Å². The Morgan fingerprint density at radius 1 is 0.432 bits per heavy atom. The Hall–Kier alpha value is -6.00. The maximum absolute atomic E-state index is 6.34. The minimum absolute atomic E-state index is 0.872. The second-order valence-corrected chi connectivity index (χ2v) is 11.1. The number of nitrogens with zero attached hydrogens (tertiary/aromatic N) is 3. The zero-order valence-electron chi connectivity index (χ0n) is 23.7. The van der Waals surface area contributed by atoms with Crippen molar-refractivity contribution in [2.24, 2.45) is 0 Å². The van der Waals surface area contributed by atoms with E-state index in [-0.39, 0.29) is 0 Å². The highest BCUT2D eigenvalue weighted by Crippen LogP contribution is 2.39. The van der Waals surface area contributed by atoms with Crippen molar-refractivity contribution >= 4 is 43.7 Å². The molecule has 44 heavy (non-hydrogen) atoms. The third-order valence-electron chi connectivity index (χ3n) is 8.52. The van der Waals surface area contributed by atoms with Crippen LogP contribution in [-0.2, 0) is 0 Å². The van der Waals surface area contributed by atoms with E-state index in [4.69, 9.17) is 4.42 Å². The van der Waals surface area contributed by atoms with Gasteiger partial charge < -0.3 is 8.98 Å². The molecule has 0 amide bonds. The molecule has 0 aliphatic carbocycles. The Morgan fingerprint density at radius 2 is 1.07 bits per heavy atom. The lowest BCUT2D eigenvalue weighted by molar-refractivity contribution is 0.669. The van der Waals surface area contributed by atoms with Crippen LogP contribution in [0.25, 0.3) is 83.1 Å². The summed E-state index contributed by atoms with van der Waals surface area (Å²) in [6, 6.07) is 48.7. The largest absolute Gasteiger partial charge is 0.456 e. The van der Waals surface area contributed by atoms with Gasteiger partial charge >= 0.3 is 0 Å². The van der Waals surface area contributed by atoms with Crippen LogP contribution < -0.4 is 0 Å². The average Bonchev–Trinajstić information content (AvgIpc) is 3.63. The molecule has 4 heterocycles. The highest BCUT2D eigenvalue weighted by Gasteiger charge is 2.16. The Kier molecular flexibility index (Phi) is 5.47. The van der Waals surface area contributed by atoms with Crippen LogP contribution in [0.2, 0.25) is 0 Å². The number of aromatic nitrogens is 3. The summed E-state index contributed by atoms with van der Waals surface area (Å²) >= 11 is 0. The quantitative estimate of drug-likeness (QED) is 0.214. The third kappa shape index (κ3) is 3.85. The second-order valence-electron chi connectivity index (χ2n) is 11.1. The Morgan fingerprint density at radius 3 is 1.89 bits per heavy atom. The van der Waals surface area contributed by atoms with E-state index in [0.717, 1.165) is 72.3 Å². The van der Waals surface area contributed by atoms with Crippen LogP contribution >= 0.6 is 0 Å². The normalized spacial score (nSPS) is 11.6. The highest BCUT2D eigenvalue weighted by molar-refractivity contribution is 6.12. The number of pyridine rings is 2. The van der Waals surface area contributed by atoms with Gasteiger partial charge in [-0.25, -0.2) is 0 Å². The van der Waals surface area contributed by atoms with Gasteiger partial charge in [0.25, 0.3) is 0 Å². The molecule has 0 aliphatic heterocycles. The average molecular weight is 564 g/mol. The fourth-order valence-electron chi connectivity index (χ4n) is 6.50. The van der Waals surface area contributed by atoms with Crippen LogP contribution in [-0.4, -0.2) is 14.5 Å². The van der Waals surface area contributed by atoms with Gasteiger partial charge in [0.05, 0.1) is 22.4 Å². The summed E-state index contributed by atoms with van der Waals surface area (Å²) in [7, 11) is 0. The number of rotatable bonds is 4. The molecule has 5 aromatic carbocycles. The summed E-state index contributed by atoms with van der Waals surface area (Å²) in [6.07, 6.45) is 3.68. The zero-order valence-corrected chi connectivity index (χ0v) is 23.7. The first-order valence-corrected chi connectivity index (χ1v) is 14.7. The molecule has 4 nitrogen and oxygen atoms in total. The van der Waals surface area contributed by atoms with Gasteiger partial charge in [0.1, 0.15) is 11.2 Å². The SMILES string of the molecule is c1ccc(-c2ccc3c(c2)c2ccccc2n3-c2ccc3oc4ccc(-c5ccccc5-c5ccccn5)cc4c3c2)nc1. The summed E-state index contributed by atoms with van der Waals surface area (Å²) < 4.78 is 8.69. The van der Waals surface area contributed by atoms with Crippen LogP contribution in [0.4, 0.5) is 0 Å². The molecule has 4 heteroatoms. The molecule has 0 unspecified atom stereocenters. The maximum atomic E-state index is 6.34. The van der Waals surface area contributed by atoms with E-state index < -0.39 is 0 Å². The van der Waals surface area contributed by atoms with Crippen LogP contribution in [0.1, 0.15) is 0 Å². The summed E-state index contributed by atoms with van der Waals surface area (Å²) in [6.45, 7) is 0. The lowest BCUT2D eigenvalue weighted by atomic mass is 9.96. The standard InChI is InChI=1S/C40H25N3O/c1-2-10-30(36-13-6-8-22-42-36)29(9-1)26-16-19-39-33(23-26)34-25-28(17-20-40(34)44-39)43-37-14-4-3-11-31(37)32-24-27(15-18-38(32)43)35-12-5-7-21-41-35/h1-25H. The van der Waals surface area contributed by atoms with Gasteiger partial charge in [-0.1, -0.05) is 66.7 Å². The van der Waals surface area contributed by atoms with Gasteiger partial charge in [-0.3, -0.25) is 9.97 Å². The van der Waals surface area contributed by atoms with E-state index >= 15 is 0 Å². The predicted octanol–water partition coefficient (Wildman–Crippen LogP) is 10.5. The second kappa shape index (κ2) is 9.79. The highest BCUT2D eigenvalue weighted by atomic mass is 16.3. The smallest absolute Gasteiger partial charge is 0.135 e. The molecule has 0 fully saturated rings. The van der Waals surface area contributed by atoms with Crippen molar-refractivity contribution < 1.29 is 4.42 Å². The summed E-state index contributed by atoms with van der Waals surface area (Å²) in [5.41, 5.74) is 11.6. The van der Waals surface area contributed by atoms with Crippen LogP contribution in [0.3, 0.4) is 0 Å². The Labute approximate surface area is 253 Å². The van der Waals surface area contributed by atoms with E-state index in [1.54, 1.807) is 0 Å². The van der Waals surface area contributed by atoms with Gasteiger partial charge in [-0.15, -0.1) is 0 Å². The molecule has 0 saturated heterocycles. The Bertz CT molecular complexity index is 2490. The van der Waals surface area contributed by atoms with Crippen LogP contribution in [0.15, 0.2) is 156 Å². The third-order valence-corrected chi connectivity index (χ3v) is 8.52. The zero-order chi connectivity index (χ0) is 29.0. The summed E-state index contributed by atoms with van der Waals surface area (Å²) in [5, 5.41) is 4.60. The number of benzene rings is 5. The van der Waals surface area contributed by atoms with E-state index in [2.05, 4.69) is 130 Å². The van der Waals surface area contributed by atoms with Crippen LogP contribution in [0.5, 0.6) is 0 Å². The first-order valence-electron chi connectivity index (χ1n) is 14.7. The lowest BCUT2D eigenvalue weighted by Gasteiger charge is -2.10. The van der Waals surface area contributed by atoms with E-state index in [1.807, 2.05) is 36.7 Å². The fraction of sp³-hybridized carbons (Fsp3) is 0. The molecule has 9 rings (SSSR count). The van der Waals surface area contributed by atoms with Gasteiger partial charge in [-0.05, 0) is 83.9 Å². The monoisotopic (exact) mass is 563 g/mol. The Balaban J connectivity index is 1.24. The molecule has 0 radical (unpaired) electrons. The van der Waals surface area contributed by atoms with E-state index in [1.165, 1.54) is 10.8 Å². The number of hydrogen-bond acceptors (Lipinski definition) is 3. The van der Waals surface area contributed by atoms with E-state index in [9.17, 15) is 0 Å².